The highest BCUT2D eigenvalue weighted by molar-refractivity contribution is 7.47. The topological polar surface area (TPSA) is 105 Å². The number of likely N-dealkylation sites (N-methyl/N-ethyl adjacent to an activating group) is 1. The first-order valence-electron chi connectivity index (χ1n) is 21.8. The molecule has 0 fully saturated rings. The number of nitrogens with one attached hydrogen (secondary N) is 1. The van der Waals surface area contributed by atoms with Crippen molar-refractivity contribution < 1.29 is 32.9 Å². The van der Waals surface area contributed by atoms with Crippen LogP contribution in [0.2, 0.25) is 0 Å². The van der Waals surface area contributed by atoms with Gasteiger partial charge in [-0.15, -0.1) is 0 Å². The Labute approximate surface area is 349 Å². The standard InChI is InChI=1S/C48H81N2O6P/c1-6-8-10-12-14-16-18-19-20-21-22-23-24-25-26-27-28-29-30-31-32-34-36-38-40-42-48(52)49-46(45-56-57(53,54)55-44-43-50(3,4)5)47(51)41-39-37-35-33-17-15-13-11-9-7-2/h8,10,14,16-17,19-20,22-23,25-26,28-29,31-33,39,41,46-47,51H,6-7,9,11-13,15,18,21,24,27,30,34-38,40,42-45H2,1-5H3,(H-,49,52,53,54)/p+1/b10-8-,16-14-,20-19-,23-22-,26-25-,29-28-,32-31-,33-17+,41-39+. The Balaban J connectivity index is 4.45. The summed E-state index contributed by atoms with van der Waals surface area (Å²) in [6.07, 6.45) is 56.0. The van der Waals surface area contributed by atoms with E-state index in [0.29, 0.717) is 23.9 Å². The number of aliphatic hydroxyl groups is 1. The molecule has 3 unspecified atom stereocenters. The molecule has 0 rings (SSSR count). The molecule has 1 amide bonds. The second-order valence-electron chi connectivity index (χ2n) is 15.3. The van der Waals surface area contributed by atoms with Gasteiger partial charge in [-0.1, -0.05) is 149 Å². The molecule has 0 radical (unpaired) electrons. The van der Waals surface area contributed by atoms with E-state index in [9.17, 15) is 19.4 Å². The largest absolute Gasteiger partial charge is 0.472 e. The van der Waals surface area contributed by atoms with E-state index in [2.05, 4.69) is 116 Å². The van der Waals surface area contributed by atoms with E-state index in [-0.39, 0.29) is 19.1 Å². The van der Waals surface area contributed by atoms with Crippen LogP contribution in [-0.2, 0) is 18.4 Å². The Morgan fingerprint density at radius 2 is 1.07 bits per heavy atom. The zero-order valence-corrected chi connectivity index (χ0v) is 37.4. The first kappa shape index (κ1) is 54.2. The van der Waals surface area contributed by atoms with E-state index >= 15 is 0 Å². The summed E-state index contributed by atoms with van der Waals surface area (Å²) in [7, 11) is 1.51. The molecule has 324 valence electrons. The molecule has 57 heavy (non-hydrogen) atoms. The van der Waals surface area contributed by atoms with Crippen LogP contribution in [0.25, 0.3) is 0 Å². The van der Waals surface area contributed by atoms with E-state index in [1.54, 1.807) is 6.08 Å². The maximum Gasteiger partial charge on any atom is 0.472 e. The Hall–Kier alpha value is -2.84. The first-order chi connectivity index (χ1) is 27.5. The summed E-state index contributed by atoms with van der Waals surface area (Å²) < 4.78 is 23.4. The van der Waals surface area contributed by atoms with E-state index in [1.807, 2.05) is 27.2 Å². The molecule has 3 N–H and O–H groups in total. The molecular weight excluding hydrogens is 732 g/mol. The second-order valence-corrected chi connectivity index (χ2v) is 16.8. The van der Waals surface area contributed by atoms with Crippen LogP contribution in [0.5, 0.6) is 0 Å². The van der Waals surface area contributed by atoms with Gasteiger partial charge in [-0.25, -0.2) is 4.57 Å². The number of carbonyl (C=O) groups excluding carboxylic acids is 1. The number of amides is 1. The van der Waals surface area contributed by atoms with Gasteiger partial charge in [0, 0.05) is 6.42 Å². The average molecular weight is 814 g/mol. The van der Waals surface area contributed by atoms with Crippen molar-refractivity contribution in [2.45, 2.75) is 148 Å². The van der Waals surface area contributed by atoms with E-state index in [1.165, 1.54) is 25.7 Å². The van der Waals surface area contributed by atoms with Crippen LogP contribution in [0.3, 0.4) is 0 Å². The quantitative estimate of drug-likeness (QED) is 0.0250. The first-order valence-corrected chi connectivity index (χ1v) is 23.3. The minimum Gasteiger partial charge on any atom is -0.387 e. The normalized spacial score (nSPS) is 15.4. The fraction of sp³-hybridized carbons (Fsp3) is 0.604. The summed E-state index contributed by atoms with van der Waals surface area (Å²) in [6, 6.07) is -0.887. The molecular formula is C48H82N2O6P+. The number of carbonyl (C=O) groups is 1. The Morgan fingerprint density at radius 3 is 1.58 bits per heavy atom. The lowest BCUT2D eigenvalue weighted by Crippen LogP contribution is -2.45. The van der Waals surface area contributed by atoms with Crippen LogP contribution in [0.4, 0.5) is 0 Å². The van der Waals surface area contributed by atoms with Gasteiger partial charge in [-0.3, -0.25) is 13.8 Å². The maximum atomic E-state index is 12.8. The lowest BCUT2D eigenvalue weighted by Gasteiger charge is -2.25. The monoisotopic (exact) mass is 814 g/mol. The molecule has 0 aromatic rings. The summed E-state index contributed by atoms with van der Waals surface area (Å²) in [5, 5.41) is 13.7. The van der Waals surface area contributed by atoms with Crippen LogP contribution in [-0.4, -0.2) is 73.4 Å². The molecule has 9 heteroatoms. The molecule has 0 spiro atoms. The molecule has 0 saturated heterocycles. The highest BCUT2D eigenvalue weighted by atomic mass is 31.2. The van der Waals surface area contributed by atoms with Crippen molar-refractivity contribution in [3.63, 3.8) is 0 Å². The molecule has 0 bridgehead atoms. The Bertz CT molecular complexity index is 1290. The van der Waals surface area contributed by atoms with Gasteiger partial charge < -0.3 is 19.8 Å². The number of hydrogen-bond acceptors (Lipinski definition) is 5. The summed E-state index contributed by atoms with van der Waals surface area (Å²) in [4.78, 5) is 23.0. The van der Waals surface area contributed by atoms with Crippen molar-refractivity contribution in [2.75, 3.05) is 40.9 Å². The minimum absolute atomic E-state index is 0.0422. The predicted octanol–water partition coefficient (Wildman–Crippen LogP) is 12.1. The summed E-state index contributed by atoms with van der Waals surface area (Å²) >= 11 is 0. The third-order valence-electron chi connectivity index (χ3n) is 8.73. The number of nitrogens with zero attached hydrogens (tertiary/aromatic N) is 1. The lowest BCUT2D eigenvalue weighted by atomic mass is 10.1. The van der Waals surface area contributed by atoms with E-state index < -0.39 is 20.0 Å². The number of unbranched alkanes of at least 4 members (excludes halogenated alkanes) is 8. The predicted molar refractivity (Wildman–Crippen MR) is 244 cm³/mol. The number of phosphoric ester groups is 1. The number of phosphoric acid groups is 1. The number of rotatable bonds is 37. The van der Waals surface area contributed by atoms with Crippen molar-refractivity contribution in [1.82, 2.24) is 5.32 Å². The van der Waals surface area contributed by atoms with Crippen LogP contribution in [0.15, 0.2) is 109 Å². The third-order valence-corrected chi connectivity index (χ3v) is 9.71. The SMILES string of the molecule is CC/C=C\C/C=C\C/C=C\C/C=C\C/C=C\C/C=C\C/C=C\CCCCCC(=O)NC(COP(=O)(O)OCC[N+](C)(C)C)C(O)/C=C/CC/C=C/CCCCCC. The molecule has 0 saturated carbocycles. The average Bonchev–Trinajstić information content (AvgIpc) is 3.16. The molecule has 0 aliphatic heterocycles. The van der Waals surface area contributed by atoms with Crippen LogP contribution in [0.1, 0.15) is 136 Å². The number of quaternary nitrogens is 1. The summed E-state index contributed by atoms with van der Waals surface area (Å²) in [5.74, 6) is -0.228. The van der Waals surface area contributed by atoms with E-state index in [4.69, 9.17) is 9.05 Å². The van der Waals surface area contributed by atoms with Crippen molar-refractivity contribution in [3.05, 3.63) is 109 Å². The smallest absolute Gasteiger partial charge is 0.387 e. The lowest BCUT2D eigenvalue weighted by molar-refractivity contribution is -0.870. The fourth-order valence-electron chi connectivity index (χ4n) is 5.27. The number of allylic oxidation sites excluding steroid dienone is 17. The summed E-state index contributed by atoms with van der Waals surface area (Å²) in [5.41, 5.74) is 0. The second kappa shape index (κ2) is 38.7. The maximum absolute atomic E-state index is 12.8. The van der Waals surface area contributed by atoms with Crippen molar-refractivity contribution in [3.8, 4) is 0 Å². The van der Waals surface area contributed by atoms with Gasteiger partial charge in [0.1, 0.15) is 13.2 Å². The fourth-order valence-corrected chi connectivity index (χ4v) is 6.00. The van der Waals surface area contributed by atoms with Gasteiger partial charge in [-0.05, 0) is 89.9 Å². The summed E-state index contributed by atoms with van der Waals surface area (Å²) in [6.45, 7) is 4.57. The molecule has 0 aromatic carbocycles. The van der Waals surface area contributed by atoms with Gasteiger partial charge in [0.25, 0.3) is 0 Å². The van der Waals surface area contributed by atoms with E-state index in [0.717, 1.165) is 83.5 Å². The van der Waals surface area contributed by atoms with Gasteiger partial charge >= 0.3 is 7.82 Å². The van der Waals surface area contributed by atoms with Crippen LogP contribution < -0.4 is 5.32 Å². The van der Waals surface area contributed by atoms with Crippen molar-refractivity contribution in [1.29, 1.82) is 0 Å². The molecule has 0 aliphatic carbocycles. The zero-order valence-electron chi connectivity index (χ0n) is 36.5. The van der Waals surface area contributed by atoms with Gasteiger partial charge in [0.15, 0.2) is 0 Å². The van der Waals surface area contributed by atoms with Crippen molar-refractivity contribution in [2.24, 2.45) is 0 Å². The van der Waals surface area contributed by atoms with Gasteiger partial charge in [0.05, 0.1) is 39.9 Å². The Kier molecular flexibility index (Phi) is 36.7. The zero-order chi connectivity index (χ0) is 42.1. The van der Waals surface area contributed by atoms with Crippen LogP contribution in [0, 0.1) is 0 Å². The highest BCUT2D eigenvalue weighted by Gasteiger charge is 2.27. The van der Waals surface area contributed by atoms with Gasteiger partial charge in [-0.2, -0.15) is 0 Å². The minimum atomic E-state index is -4.36. The van der Waals surface area contributed by atoms with Crippen molar-refractivity contribution >= 4 is 13.7 Å². The molecule has 0 aliphatic rings. The van der Waals surface area contributed by atoms with Gasteiger partial charge in [0.2, 0.25) is 5.91 Å². The Morgan fingerprint density at radius 1 is 0.614 bits per heavy atom. The number of aliphatic hydroxyl groups excluding tert-OH is 1. The number of hydrogen-bond donors (Lipinski definition) is 3. The molecule has 0 heterocycles. The highest BCUT2D eigenvalue weighted by Crippen LogP contribution is 2.43. The molecule has 8 nitrogen and oxygen atoms in total. The molecule has 0 aromatic heterocycles. The molecule has 3 atom stereocenters. The van der Waals surface area contributed by atoms with Crippen LogP contribution >= 0.6 is 7.82 Å². The third kappa shape index (κ3) is 41.1.